The maximum absolute atomic E-state index is 12.0. The molecule has 102 valence electrons. The number of anilines is 1. The van der Waals surface area contributed by atoms with Gasteiger partial charge in [-0.2, -0.15) is 0 Å². The first-order valence-electron chi connectivity index (χ1n) is 6.47. The van der Waals surface area contributed by atoms with Crippen molar-refractivity contribution in [2.75, 3.05) is 5.32 Å². The SMILES string of the molecule is Cc1ccc(C(=O)C(=O)Nc2cccc(C)c2C)cc1. The van der Waals surface area contributed by atoms with Crippen LogP contribution in [0.25, 0.3) is 0 Å². The molecule has 2 aromatic rings. The average molecular weight is 267 g/mol. The molecule has 0 spiro atoms. The third-order valence-electron chi connectivity index (χ3n) is 3.37. The highest BCUT2D eigenvalue weighted by Gasteiger charge is 2.16. The van der Waals surface area contributed by atoms with Gasteiger partial charge >= 0.3 is 0 Å². The molecule has 0 aliphatic rings. The van der Waals surface area contributed by atoms with Gasteiger partial charge in [-0.05, 0) is 38.0 Å². The molecule has 0 fully saturated rings. The number of nitrogens with one attached hydrogen (secondary N) is 1. The van der Waals surface area contributed by atoms with Gasteiger partial charge < -0.3 is 5.32 Å². The fraction of sp³-hybridized carbons (Fsp3) is 0.176. The predicted molar refractivity (Wildman–Crippen MR) is 80.1 cm³/mol. The number of carbonyl (C=O) groups is 2. The molecule has 0 unspecified atom stereocenters. The second-order valence-electron chi connectivity index (χ2n) is 4.90. The summed E-state index contributed by atoms with van der Waals surface area (Å²) in [5.41, 5.74) is 4.17. The largest absolute Gasteiger partial charge is 0.319 e. The van der Waals surface area contributed by atoms with Gasteiger partial charge in [0.1, 0.15) is 0 Å². The minimum atomic E-state index is -0.609. The quantitative estimate of drug-likeness (QED) is 0.684. The summed E-state index contributed by atoms with van der Waals surface area (Å²) in [6.45, 7) is 5.82. The van der Waals surface area contributed by atoms with Crippen LogP contribution in [0.5, 0.6) is 0 Å². The van der Waals surface area contributed by atoms with E-state index >= 15 is 0 Å². The van der Waals surface area contributed by atoms with Crippen LogP contribution in [0.3, 0.4) is 0 Å². The number of benzene rings is 2. The van der Waals surface area contributed by atoms with Crippen molar-refractivity contribution in [3.05, 3.63) is 64.7 Å². The molecular formula is C17H17NO2. The van der Waals surface area contributed by atoms with Gasteiger partial charge in [-0.1, -0.05) is 42.0 Å². The highest BCUT2D eigenvalue weighted by molar-refractivity contribution is 6.46. The summed E-state index contributed by atoms with van der Waals surface area (Å²) in [5.74, 6) is -1.13. The topological polar surface area (TPSA) is 46.2 Å². The Hall–Kier alpha value is -2.42. The summed E-state index contributed by atoms with van der Waals surface area (Å²) in [7, 11) is 0. The third kappa shape index (κ3) is 2.94. The van der Waals surface area contributed by atoms with E-state index in [9.17, 15) is 9.59 Å². The van der Waals surface area contributed by atoms with Crippen LogP contribution in [-0.4, -0.2) is 11.7 Å². The molecule has 0 bridgehead atoms. The number of amides is 1. The number of hydrogen-bond donors (Lipinski definition) is 1. The molecule has 0 saturated heterocycles. The number of ketones is 1. The minimum Gasteiger partial charge on any atom is -0.319 e. The summed E-state index contributed by atoms with van der Waals surface area (Å²) in [6, 6.07) is 12.6. The predicted octanol–water partition coefficient (Wildman–Crippen LogP) is 3.43. The molecule has 20 heavy (non-hydrogen) atoms. The van der Waals surface area contributed by atoms with Crippen molar-refractivity contribution >= 4 is 17.4 Å². The van der Waals surface area contributed by atoms with Gasteiger partial charge in [0.15, 0.2) is 0 Å². The highest BCUT2D eigenvalue weighted by Crippen LogP contribution is 2.18. The van der Waals surface area contributed by atoms with Crippen LogP contribution in [0.15, 0.2) is 42.5 Å². The number of rotatable bonds is 3. The molecule has 0 radical (unpaired) electrons. The van der Waals surface area contributed by atoms with Gasteiger partial charge in [0.05, 0.1) is 0 Å². The van der Waals surface area contributed by atoms with Gasteiger partial charge in [-0.3, -0.25) is 9.59 Å². The summed E-state index contributed by atoms with van der Waals surface area (Å²) < 4.78 is 0. The normalized spacial score (nSPS) is 10.2. The number of Topliss-reactive ketones (excluding diaryl/α,β-unsaturated/α-hetero) is 1. The Bertz CT molecular complexity index is 657. The Morgan fingerprint density at radius 1 is 0.900 bits per heavy atom. The van der Waals surface area contributed by atoms with E-state index in [1.165, 1.54) is 0 Å². The second kappa shape index (κ2) is 5.70. The fourth-order valence-electron chi connectivity index (χ4n) is 1.90. The molecule has 0 atom stereocenters. The lowest BCUT2D eigenvalue weighted by Crippen LogP contribution is -2.23. The zero-order valence-electron chi connectivity index (χ0n) is 11.9. The lowest BCUT2D eigenvalue weighted by atomic mass is 10.1. The van der Waals surface area contributed by atoms with Gasteiger partial charge in [-0.15, -0.1) is 0 Å². The molecule has 0 aliphatic heterocycles. The molecular weight excluding hydrogens is 250 g/mol. The van der Waals surface area contributed by atoms with Crippen LogP contribution in [0.1, 0.15) is 27.0 Å². The van der Waals surface area contributed by atoms with Crippen LogP contribution < -0.4 is 5.32 Å². The second-order valence-corrected chi connectivity index (χ2v) is 4.90. The maximum atomic E-state index is 12.0. The van der Waals surface area contributed by atoms with E-state index in [1.54, 1.807) is 18.2 Å². The summed E-state index contributed by atoms with van der Waals surface area (Å²) >= 11 is 0. The zero-order chi connectivity index (χ0) is 14.7. The van der Waals surface area contributed by atoms with E-state index in [0.29, 0.717) is 11.3 Å². The fourth-order valence-corrected chi connectivity index (χ4v) is 1.90. The Labute approximate surface area is 118 Å². The van der Waals surface area contributed by atoms with Crippen LogP contribution in [0.4, 0.5) is 5.69 Å². The van der Waals surface area contributed by atoms with E-state index in [0.717, 1.165) is 16.7 Å². The van der Waals surface area contributed by atoms with Gasteiger partial charge in [0.2, 0.25) is 0 Å². The molecule has 3 heteroatoms. The summed E-state index contributed by atoms with van der Waals surface area (Å²) in [4.78, 5) is 24.0. The summed E-state index contributed by atoms with van der Waals surface area (Å²) in [5, 5.41) is 2.68. The van der Waals surface area contributed by atoms with Crippen molar-refractivity contribution in [3.8, 4) is 0 Å². The average Bonchev–Trinajstić information content (AvgIpc) is 2.44. The molecule has 1 N–H and O–H groups in total. The molecule has 0 heterocycles. The molecule has 2 aromatic carbocycles. The molecule has 0 aliphatic carbocycles. The Morgan fingerprint density at radius 3 is 2.20 bits per heavy atom. The number of hydrogen-bond acceptors (Lipinski definition) is 2. The van der Waals surface area contributed by atoms with Gasteiger partial charge in [0, 0.05) is 11.3 Å². The lowest BCUT2D eigenvalue weighted by molar-refractivity contribution is -0.112. The Kier molecular flexibility index (Phi) is 3.99. The minimum absolute atomic E-state index is 0.401. The van der Waals surface area contributed by atoms with Crippen LogP contribution in [0.2, 0.25) is 0 Å². The Balaban J connectivity index is 2.18. The van der Waals surface area contributed by atoms with Gasteiger partial charge in [0.25, 0.3) is 11.7 Å². The van der Waals surface area contributed by atoms with Crippen molar-refractivity contribution in [2.24, 2.45) is 0 Å². The van der Waals surface area contributed by atoms with E-state index < -0.39 is 11.7 Å². The van der Waals surface area contributed by atoms with Crippen LogP contribution in [0, 0.1) is 20.8 Å². The van der Waals surface area contributed by atoms with Crippen molar-refractivity contribution in [1.82, 2.24) is 0 Å². The standard InChI is InChI=1S/C17H17NO2/c1-11-7-9-14(10-8-11)16(19)17(20)18-15-6-4-5-12(2)13(15)3/h4-10H,1-3H3,(H,18,20). The number of carbonyl (C=O) groups excluding carboxylic acids is 2. The molecule has 0 aromatic heterocycles. The first-order valence-corrected chi connectivity index (χ1v) is 6.47. The first kappa shape index (κ1) is 14.0. The van der Waals surface area contributed by atoms with Crippen molar-refractivity contribution < 1.29 is 9.59 Å². The smallest absolute Gasteiger partial charge is 0.296 e. The van der Waals surface area contributed by atoms with Crippen LogP contribution in [-0.2, 0) is 4.79 Å². The Morgan fingerprint density at radius 2 is 1.55 bits per heavy atom. The third-order valence-corrected chi connectivity index (χ3v) is 3.37. The van der Waals surface area contributed by atoms with E-state index in [4.69, 9.17) is 0 Å². The first-order chi connectivity index (χ1) is 9.49. The molecule has 0 saturated carbocycles. The van der Waals surface area contributed by atoms with E-state index in [1.807, 2.05) is 45.0 Å². The zero-order valence-corrected chi connectivity index (χ0v) is 11.9. The van der Waals surface area contributed by atoms with Gasteiger partial charge in [-0.25, -0.2) is 0 Å². The van der Waals surface area contributed by atoms with Crippen molar-refractivity contribution in [2.45, 2.75) is 20.8 Å². The van der Waals surface area contributed by atoms with Crippen LogP contribution >= 0.6 is 0 Å². The van der Waals surface area contributed by atoms with E-state index in [-0.39, 0.29) is 0 Å². The molecule has 2 rings (SSSR count). The molecule has 1 amide bonds. The van der Waals surface area contributed by atoms with Crippen molar-refractivity contribution in [1.29, 1.82) is 0 Å². The van der Waals surface area contributed by atoms with Crippen molar-refractivity contribution in [3.63, 3.8) is 0 Å². The highest BCUT2D eigenvalue weighted by atomic mass is 16.2. The number of aryl methyl sites for hydroxylation is 2. The summed E-state index contributed by atoms with van der Waals surface area (Å²) in [6.07, 6.45) is 0. The lowest BCUT2D eigenvalue weighted by Gasteiger charge is -2.09. The maximum Gasteiger partial charge on any atom is 0.296 e. The monoisotopic (exact) mass is 267 g/mol. The molecule has 3 nitrogen and oxygen atoms in total. The van der Waals surface area contributed by atoms with E-state index in [2.05, 4.69) is 5.32 Å².